The number of hydrogen-bond acceptors (Lipinski definition) is 1. The largest absolute Gasteiger partial charge is 0.381 e. The maximum absolute atomic E-state index is 5.11. The van der Waals surface area contributed by atoms with E-state index in [9.17, 15) is 0 Å². The first kappa shape index (κ1) is 18.5. The molecule has 0 atom stereocenters. The fourth-order valence-electron chi connectivity index (χ4n) is 1.12. The smallest absolute Gasteiger partial charge is 0.105 e. The second kappa shape index (κ2) is 15.1. The average molecular weight is 298 g/mol. The van der Waals surface area contributed by atoms with Gasteiger partial charge in [0.15, 0.2) is 0 Å². The monoisotopic (exact) mass is 296 g/mol. The fraction of sp³-hybridized carbons (Fsp3) is 1.00. The zero-order valence-corrected chi connectivity index (χ0v) is 12.3. The number of methoxy groups -OCH3 is 1. The van der Waals surface area contributed by atoms with Crippen molar-refractivity contribution in [3.8, 4) is 0 Å². The second-order valence-electron chi connectivity index (χ2n) is 3.04. The second-order valence-corrected chi connectivity index (χ2v) is 5.33. The Labute approximate surface area is 113 Å². The molecule has 0 saturated heterocycles. The molecule has 0 spiro atoms. The van der Waals surface area contributed by atoms with E-state index in [1.807, 2.05) is 0 Å². The zero-order valence-electron chi connectivity index (χ0n) is 9.32. The van der Waals surface area contributed by atoms with Crippen molar-refractivity contribution in [3.05, 3.63) is 0 Å². The molecule has 0 radical (unpaired) electrons. The first-order valence-corrected chi connectivity index (χ1v) is 6.95. The highest BCUT2D eigenvalue weighted by Crippen LogP contribution is 2.19. The highest BCUT2D eigenvalue weighted by atomic mass is 35.5. The maximum atomic E-state index is 5.11. The molecule has 1 aliphatic rings. The summed E-state index contributed by atoms with van der Waals surface area (Å²) in [6.07, 6.45) is 5.92. The quantitative estimate of drug-likeness (QED) is 0.662. The molecule has 0 aromatic carbocycles. The molecule has 0 aromatic heterocycles. The molecule has 1 saturated carbocycles. The van der Waals surface area contributed by atoms with Crippen LogP contribution in [0.5, 0.6) is 0 Å². The third-order valence-corrected chi connectivity index (χ3v) is 2.28. The summed E-state index contributed by atoms with van der Waals surface area (Å²) in [5.41, 5.74) is 0. The van der Waals surface area contributed by atoms with Crippen LogP contribution in [-0.4, -0.2) is 29.8 Å². The van der Waals surface area contributed by atoms with Gasteiger partial charge in [-0.3, -0.25) is 0 Å². The number of alkyl halides is 4. The van der Waals surface area contributed by atoms with E-state index in [0.717, 1.165) is 0 Å². The molecule has 5 heteroatoms. The van der Waals surface area contributed by atoms with E-state index in [1.54, 1.807) is 14.0 Å². The lowest BCUT2D eigenvalue weighted by Gasteiger charge is -2.02. The molecule has 0 unspecified atom stereocenters. The summed E-state index contributed by atoms with van der Waals surface area (Å²) in [4.78, 5) is -0.222. The van der Waals surface area contributed by atoms with Crippen molar-refractivity contribution in [2.24, 2.45) is 0 Å². The van der Waals surface area contributed by atoms with Gasteiger partial charge in [0.2, 0.25) is 0 Å². The molecular formula is C10H20Cl4O. The summed E-state index contributed by atoms with van der Waals surface area (Å²) >= 11 is 20.2. The molecule has 0 amide bonds. The Morgan fingerprint density at radius 3 is 1.60 bits per heavy atom. The van der Waals surface area contributed by atoms with Crippen LogP contribution in [0.15, 0.2) is 0 Å². The average Bonchev–Trinajstić information content (AvgIpc) is 2.69. The van der Waals surface area contributed by atoms with Crippen LogP contribution in [0.3, 0.4) is 0 Å². The van der Waals surface area contributed by atoms with Gasteiger partial charge in [-0.2, -0.15) is 0 Å². The summed E-state index contributed by atoms with van der Waals surface area (Å²) in [5, 5.41) is 0. The summed E-state index contributed by atoms with van der Waals surface area (Å²) in [5.74, 6) is 1.11. The van der Waals surface area contributed by atoms with Gasteiger partial charge in [-0.05, 0) is 19.8 Å². The molecule has 1 fully saturated rings. The molecule has 15 heavy (non-hydrogen) atoms. The van der Waals surface area contributed by atoms with Gasteiger partial charge in [-0.25, -0.2) is 0 Å². The van der Waals surface area contributed by atoms with Gasteiger partial charge in [-0.15, -0.1) is 46.4 Å². The standard InChI is InChI=1S/C6H12O.2C2H4Cl2/c1-7-6-4-2-3-5-6;1-2(3)4;3-1-2-4/h6H,2-5H2,1H3;2H,1H3;1-2H2. The Morgan fingerprint density at radius 1 is 1.13 bits per heavy atom. The Kier molecular flexibility index (Phi) is 18.6. The normalized spacial score (nSPS) is 15.4. The van der Waals surface area contributed by atoms with Crippen molar-refractivity contribution < 1.29 is 4.74 Å². The molecule has 1 nitrogen and oxygen atoms in total. The van der Waals surface area contributed by atoms with Crippen LogP contribution in [0, 0.1) is 0 Å². The van der Waals surface area contributed by atoms with Gasteiger partial charge >= 0.3 is 0 Å². The Bertz CT molecular complexity index is 101. The van der Waals surface area contributed by atoms with E-state index in [0.29, 0.717) is 17.9 Å². The third kappa shape index (κ3) is 21.0. The minimum Gasteiger partial charge on any atom is -0.381 e. The highest BCUT2D eigenvalue weighted by molar-refractivity contribution is 6.43. The van der Waals surface area contributed by atoms with Crippen molar-refractivity contribution in [1.29, 1.82) is 0 Å². The van der Waals surface area contributed by atoms with Crippen LogP contribution < -0.4 is 0 Å². The summed E-state index contributed by atoms with van der Waals surface area (Å²) < 4.78 is 5.11. The van der Waals surface area contributed by atoms with Crippen LogP contribution in [0.2, 0.25) is 0 Å². The molecule has 1 rings (SSSR count). The van der Waals surface area contributed by atoms with Crippen molar-refractivity contribution in [2.75, 3.05) is 18.9 Å². The van der Waals surface area contributed by atoms with E-state index in [-0.39, 0.29) is 4.84 Å². The van der Waals surface area contributed by atoms with Gasteiger partial charge in [0.05, 0.1) is 6.10 Å². The molecule has 0 bridgehead atoms. The van der Waals surface area contributed by atoms with E-state index < -0.39 is 0 Å². The van der Waals surface area contributed by atoms with Crippen LogP contribution in [0.1, 0.15) is 32.6 Å². The van der Waals surface area contributed by atoms with Crippen LogP contribution >= 0.6 is 46.4 Å². The van der Waals surface area contributed by atoms with E-state index >= 15 is 0 Å². The molecular weight excluding hydrogens is 278 g/mol. The number of halogens is 4. The van der Waals surface area contributed by atoms with Crippen LogP contribution in [-0.2, 0) is 4.74 Å². The lowest BCUT2D eigenvalue weighted by atomic mass is 10.3. The summed E-state index contributed by atoms with van der Waals surface area (Å²) in [7, 11) is 1.80. The summed E-state index contributed by atoms with van der Waals surface area (Å²) in [6.45, 7) is 1.70. The molecule has 0 heterocycles. The minimum absolute atomic E-state index is 0.222. The Morgan fingerprint density at radius 2 is 1.47 bits per heavy atom. The SMILES string of the molecule is CC(Cl)Cl.COC1CCCC1.ClCCCl. The predicted octanol–water partition coefficient (Wildman–Crippen LogP) is 4.85. The molecule has 1 aliphatic carbocycles. The molecule has 94 valence electrons. The van der Waals surface area contributed by atoms with Crippen molar-refractivity contribution in [1.82, 2.24) is 0 Å². The number of rotatable bonds is 2. The van der Waals surface area contributed by atoms with E-state index in [4.69, 9.17) is 51.1 Å². The number of hydrogen-bond donors (Lipinski definition) is 0. The third-order valence-electron chi connectivity index (χ3n) is 1.71. The first-order valence-electron chi connectivity index (χ1n) is 5.01. The molecule has 0 N–H and O–H groups in total. The Balaban J connectivity index is 0. The van der Waals surface area contributed by atoms with Gasteiger partial charge in [0.25, 0.3) is 0 Å². The van der Waals surface area contributed by atoms with Crippen molar-refractivity contribution >= 4 is 46.4 Å². The van der Waals surface area contributed by atoms with E-state index in [2.05, 4.69) is 0 Å². The van der Waals surface area contributed by atoms with Gasteiger partial charge in [0.1, 0.15) is 4.84 Å². The van der Waals surface area contributed by atoms with Crippen LogP contribution in [0.25, 0.3) is 0 Å². The summed E-state index contributed by atoms with van der Waals surface area (Å²) in [6, 6.07) is 0. The van der Waals surface area contributed by atoms with Crippen molar-refractivity contribution in [2.45, 2.75) is 43.5 Å². The first-order chi connectivity index (χ1) is 7.08. The zero-order chi connectivity index (χ0) is 12.1. The van der Waals surface area contributed by atoms with Gasteiger partial charge in [-0.1, -0.05) is 12.8 Å². The highest BCUT2D eigenvalue weighted by Gasteiger charge is 2.12. The maximum Gasteiger partial charge on any atom is 0.105 e. The lowest BCUT2D eigenvalue weighted by Crippen LogP contribution is -2.01. The Hall–Kier alpha value is 1.12. The van der Waals surface area contributed by atoms with E-state index in [1.165, 1.54) is 25.7 Å². The molecule has 0 aliphatic heterocycles. The fourth-order valence-corrected chi connectivity index (χ4v) is 1.12. The molecule has 0 aromatic rings. The topological polar surface area (TPSA) is 9.23 Å². The van der Waals surface area contributed by atoms with Crippen LogP contribution in [0.4, 0.5) is 0 Å². The van der Waals surface area contributed by atoms with Gasteiger partial charge < -0.3 is 4.74 Å². The van der Waals surface area contributed by atoms with Crippen molar-refractivity contribution in [3.63, 3.8) is 0 Å². The van der Waals surface area contributed by atoms with Gasteiger partial charge in [0, 0.05) is 18.9 Å². The number of ether oxygens (including phenoxy) is 1. The lowest BCUT2D eigenvalue weighted by molar-refractivity contribution is 0.109. The minimum atomic E-state index is -0.222. The predicted molar refractivity (Wildman–Crippen MR) is 71.9 cm³/mol.